The highest BCUT2D eigenvalue weighted by molar-refractivity contribution is 5.38. The third-order valence-corrected chi connectivity index (χ3v) is 2.97. The predicted octanol–water partition coefficient (Wildman–Crippen LogP) is 1.77. The van der Waals surface area contributed by atoms with Crippen molar-refractivity contribution in [2.45, 2.75) is 38.8 Å². The van der Waals surface area contributed by atoms with E-state index in [1.54, 1.807) is 6.33 Å². The van der Waals surface area contributed by atoms with Gasteiger partial charge in [-0.1, -0.05) is 0 Å². The first-order valence-corrected chi connectivity index (χ1v) is 6.57. The smallest absolute Gasteiger partial charge is 0.218 e. The first-order chi connectivity index (χ1) is 8.63. The third-order valence-electron chi connectivity index (χ3n) is 2.97. The number of nitrogens with one attached hydrogen (secondary N) is 1. The quantitative estimate of drug-likeness (QED) is 0.882. The second kappa shape index (κ2) is 6.00. The maximum absolute atomic E-state index is 5.56. The number of hydrogen-bond acceptors (Lipinski definition) is 5. The molecule has 1 saturated heterocycles. The fourth-order valence-electron chi connectivity index (χ4n) is 2.22. The molecular weight excluding hydrogens is 228 g/mol. The molecule has 5 heteroatoms. The van der Waals surface area contributed by atoms with Crippen molar-refractivity contribution in [2.24, 2.45) is 0 Å². The van der Waals surface area contributed by atoms with Crippen molar-refractivity contribution >= 4 is 5.82 Å². The summed E-state index contributed by atoms with van der Waals surface area (Å²) in [4.78, 5) is 10.7. The molecule has 100 valence electrons. The van der Waals surface area contributed by atoms with Gasteiger partial charge in [0, 0.05) is 18.7 Å². The van der Waals surface area contributed by atoms with Crippen LogP contribution < -0.4 is 10.1 Å². The van der Waals surface area contributed by atoms with Crippen LogP contribution in [0.1, 0.15) is 26.7 Å². The first kappa shape index (κ1) is 13.1. The fourth-order valence-corrected chi connectivity index (χ4v) is 2.22. The van der Waals surface area contributed by atoms with Crippen molar-refractivity contribution in [3.05, 3.63) is 12.4 Å². The zero-order valence-corrected chi connectivity index (χ0v) is 11.4. The summed E-state index contributed by atoms with van der Waals surface area (Å²) in [6.07, 6.45) is 4.10. The summed E-state index contributed by atoms with van der Waals surface area (Å²) in [5.41, 5.74) is 0. The number of anilines is 1. The molecule has 0 spiro atoms. The monoisotopic (exact) mass is 250 g/mol. The van der Waals surface area contributed by atoms with E-state index >= 15 is 0 Å². The highest BCUT2D eigenvalue weighted by Gasteiger charge is 2.17. The minimum Gasteiger partial charge on any atom is -0.475 e. The Labute approximate surface area is 109 Å². The van der Waals surface area contributed by atoms with Gasteiger partial charge in [-0.2, -0.15) is 0 Å². The first-order valence-electron chi connectivity index (χ1n) is 6.57. The predicted molar refractivity (Wildman–Crippen MR) is 71.9 cm³/mol. The van der Waals surface area contributed by atoms with Crippen molar-refractivity contribution < 1.29 is 4.74 Å². The average Bonchev–Trinajstić information content (AvgIpc) is 2.28. The minimum atomic E-state index is 0.133. The standard InChI is InChI=1S/C13H22N4O/c1-10(2)18-13-7-12(14-9-15-13)16-11-5-4-6-17(3)8-11/h7,9-11H,4-6,8H2,1-3H3,(H,14,15,16). The van der Waals surface area contributed by atoms with Gasteiger partial charge >= 0.3 is 0 Å². The highest BCUT2D eigenvalue weighted by atomic mass is 16.5. The molecule has 0 saturated carbocycles. The molecule has 2 heterocycles. The Morgan fingerprint density at radius 2 is 2.28 bits per heavy atom. The largest absolute Gasteiger partial charge is 0.475 e. The van der Waals surface area contributed by atoms with Crippen molar-refractivity contribution in [1.82, 2.24) is 14.9 Å². The molecule has 2 rings (SSSR count). The normalized spacial score (nSPS) is 21.0. The molecule has 5 nitrogen and oxygen atoms in total. The van der Waals surface area contributed by atoms with E-state index in [9.17, 15) is 0 Å². The topological polar surface area (TPSA) is 50.3 Å². The highest BCUT2D eigenvalue weighted by Crippen LogP contribution is 2.16. The van der Waals surface area contributed by atoms with Crippen molar-refractivity contribution in [3.8, 4) is 5.88 Å². The number of aromatic nitrogens is 2. The lowest BCUT2D eigenvalue weighted by Gasteiger charge is -2.30. The van der Waals surface area contributed by atoms with E-state index in [2.05, 4.69) is 27.2 Å². The molecule has 1 unspecified atom stereocenters. The third kappa shape index (κ3) is 3.84. The van der Waals surface area contributed by atoms with Crippen LogP contribution in [-0.4, -0.2) is 47.2 Å². The Morgan fingerprint density at radius 1 is 1.44 bits per heavy atom. The molecular formula is C13H22N4O. The molecule has 1 aliphatic rings. The summed E-state index contributed by atoms with van der Waals surface area (Å²) in [5, 5.41) is 3.45. The number of likely N-dealkylation sites (N-methyl/N-ethyl adjacent to an activating group) is 1. The molecule has 1 fully saturated rings. The maximum atomic E-state index is 5.56. The lowest BCUT2D eigenvalue weighted by Crippen LogP contribution is -2.39. The molecule has 18 heavy (non-hydrogen) atoms. The number of ether oxygens (including phenoxy) is 1. The van der Waals surface area contributed by atoms with Crippen molar-refractivity contribution in [2.75, 3.05) is 25.5 Å². The maximum Gasteiger partial charge on any atom is 0.218 e. The lowest BCUT2D eigenvalue weighted by molar-refractivity contribution is 0.232. The Morgan fingerprint density at radius 3 is 3.00 bits per heavy atom. The molecule has 0 aliphatic carbocycles. The van der Waals surface area contributed by atoms with Crippen LogP contribution >= 0.6 is 0 Å². The Bertz CT molecular complexity index is 383. The molecule has 0 radical (unpaired) electrons. The zero-order chi connectivity index (χ0) is 13.0. The molecule has 1 aromatic rings. The minimum absolute atomic E-state index is 0.133. The summed E-state index contributed by atoms with van der Waals surface area (Å²) in [6.45, 7) is 6.23. The fraction of sp³-hybridized carbons (Fsp3) is 0.692. The van der Waals surface area contributed by atoms with Gasteiger partial charge in [0.25, 0.3) is 0 Å². The Balaban J connectivity index is 1.96. The molecule has 1 atom stereocenters. The summed E-state index contributed by atoms with van der Waals surface area (Å²) < 4.78 is 5.56. The van der Waals surface area contributed by atoms with Crippen LogP contribution in [0.25, 0.3) is 0 Å². The van der Waals surface area contributed by atoms with Crippen LogP contribution in [0, 0.1) is 0 Å². The van der Waals surface area contributed by atoms with Crippen LogP contribution in [0.15, 0.2) is 12.4 Å². The summed E-state index contributed by atoms with van der Waals surface area (Å²) in [6, 6.07) is 2.33. The summed E-state index contributed by atoms with van der Waals surface area (Å²) in [5.74, 6) is 1.48. The van der Waals surface area contributed by atoms with Gasteiger partial charge < -0.3 is 15.0 Å². The van der Waals surface area contributed by atoms with Gasteiger partial charge in [0.15, 0.2) is 0 Å². The number of nitrogens with zero attached hydrogens (tertiary/aromatic N) is 3. The van der Waals surface area contributed by atoms with Crippen LogP contribution in [0.4, 0.5) is 5.82 Å². The molecule has 1 N–H and O–H groups in total. The Kier molecular flexibility index (Phi) is 4.36. The molecule has 0 aromatic carbocycles. The Hall–Kier alpha value is -1.36. The van der Waals surface area contributed by atoms with Crippen LogP contribution in [0.2, 0.25) is 0 Å². The summed E-state index contributed by atoms with van der Waals surface area (Å²) in [7, 11) is 2.15. The molecule has 0 bridgehead atoms. The van der Waals surface area contributed by atoms with Crippen molar-refractivity contribution in [3.63, 3.8) is 0 Å². The SMILES string of the molecule is CC(C)Oc1cc(NC2CCCN(C)C2)ncn1. The van der Waals surface area contributed by atoms with Gasteiger partial charge in [-0.15, -0.1) is 0 Å². The molecule has 1 aromatic heterocycles. The van der Waals surface area contributed by atoms with E-state index in [4.69, 9.17) is 4.74 Å². The van der Waals surface area contributed by atoms with Crippen LogP contribution in [0.5, 0.6) is 5.88 Å². The van der Waals surface area contributed by atoms with Gasteiger partial charge in [-0.05, 0) is 40.3 Å². The van der Waals surface area contributed by atoms with E-state index in [1.807, 2.05) is 19.9 Å². The van der Waals surface area contributed by atoms with Gasteiger partial charge in [0.1, 0.15) is 12.1 Å². The van der Waals surface area contributed by atoms with Crippen LogP contribution in [-0.2, 0) is 0 Å². The van der Waals surface area contributed by atoms with Crippen LogP contribution in [0.3, 0.4) is 0 Å². The molecule has 1 aliphatic heterocycles. The van der Waals surface area contributed by atoms with E-state index in [0.29, 0.717) is 11.9 Å². The average molecular weight is 250 g/mol. The molecule has 0 amide bonds. The van der Waals surface area contributed by atoms with Gasteiger partial charge in [0.05, 0.1) is 6.10 Å². The number of piperidine rings is 1. The summed E-state index contributed by atoms with van der Waals surface area (Å²) >= 11 is 0. The second-order valence-electron chi connectivity index (χ2n) is 5.15. The van der Waals surface area contributed by atoms with Crippen molar-refractivity contribution in [1.29, 1.82) is 0 Å². The van der Waals surface area contributed by atoms with Gasteiger partial charge in [0.2, 0.25) is 5.88 Å². The van der Waals surface area contributed by atoms with Gasteiger partial charge in [-0.3, -0.25) is 0 Å². The van der Waals surface area contributed by atoms with E-state index < -0.39 is 0 Å². The van der Waals surface area contributed by atoms with E-state index in [-0.39, 0.29) is 6.10 Å². The van der Waals surface area contributed by atoms with E-state index in [1.165, 1.54) is 19.4 Å². The lowest BCUT2D eigenvalue weighted by atomic mass is 10.1. The number of likely N-dealkylation sites (tertiary alicyclic amines) is 1. The number of hydrogen-bond donors (Lipinski definition) is 1. The number of rotatable bonds is 4. The zero-order valence-electron chi connectivity index (χ0n) is 11.4. The second-order valence-corrected chi connectivity index (χ2v) is 5.15. The van der Waals surface area contributed by atoms with E-state index in [0.717, 1.165) is 12.4 Å². The van der Waals surface area contributed by atoms with Gasteiger partial charge in [-0.25, -0.2) is 9.97 Å².